The molecule has 1 aromatic rings. The molecule has 0 amide bonds. The fraction of sp³-hybridized carbons (Fsp3) is 0. The van der Waals surface area contributed by atoms with Gasteiger partial charge < -0.3 is 0 Å². The van der Waals surface area contributed by atoms with Crippen LogP contribution in [0.3, 0.4) is 0 Å². The lowest BCUT2D eigenvalue weighted by atomic mass is 10.5. The number of nitrogens with one attached hydrogen (secondary N) is 1. The molecule has 0 unspecified atom stereocenters. The Hall–Kier alpha value is -0.0800. The quantitative estimate of drug-likeness (QED) is 0.598. The molecule has 0 aliphatic rings. The summed E-state index contributed by atoms with van der Waals surface area (Å²) < 4.78 is 0.890. The third-order valence-electron chi connectivity index (χ3n) is 0.764. The van der Waals surface area contributed by atoms with Gasteiger partial charge in [0.05, 0.1) is 9.50 Å². The summed E-state index contributed by atoms with van der Waals surface area (Å²) in [6, 6.07) is 1.78. The minimum Gasteiger partial charge on any atom is -0.217 e. The Morgan fingerprint density at radius 3 is 2.75 bits per heavy atom. The summed E-state index contributed by atoms with van der Waals surface area (Å²) >= 11 is 8.87. The van der Waals surface area contributed by atoms with Crippen molar-refractivity contribution in [2.45, 2.75) is 0 Å². The summed E-state index contributed by atoms with van der Waals surface area (Å²) in [4.78, 5) is 2.87. The van der Waals surface area contributed by atoms with E-state index in [1.165, 1.54) is 0 Å². The molecule has 0 saturated heterocycles. The number of aromatic nitrogens is 1. The molecule has 8 heavy (non-hydrogen) atoms. The average Bonchev–Trinajstić information content (AvgIpc) is 1.77. The molecule has 0 atom stereocenters. The highest BCUT2D eigenvalue weighted by atomic mass is 79.9. The second-order valence-corrected chi connectivity index (χ2v) is 2.60. The van der Waals surface area contributed by atoms with Gasteiger partial charge in [0.2, 0.25) is 0 Å². The van der Waals surface area contributed by atoms with Gasteiger partial charge in [-0.15, -0.1) is 0 Å². The first-order valence-electron chi connectivity index (χ1n) is 2.12. The molecule has 1 aromatic heterocycles. The van der Waals surface area contributed by atoms with Crippen LogP contribution >= 0.6 is 27.5 Å². The van der Waals surface area contributed by atoms with Crippen molar-refractivity contribution in [3.8, 4) is 0 Å². The van der Waals surface area contributed by atoms with Crippen molar-refractivity contribution in [3.63, 3.8) is 0 Å². The molecule has 1 rings (SSSR count). The molecule has 0 aromatic carbocycles. The molecule has 0 saturated carbocycles. The minimum atomic E-state index is 0.726. The van der Waals surface area contributed by atoms with Crippen molar-refractivity contribution in [1.29, 1.82) is 0 Å². The Morgan fingerprint density at radius 1 is 1.62 bits per heavy atom. The third kappa shape index (κ3) is 1.20. The SMILES string of the molecule is Clc1cc[nH+]cc1Br. The van der Waals surface area contributed by atoms with Gasteiger partial charge in [-0.1, -0.05) is 11.6 Å². The van der Waals surface area contributed by atoms with E-state index in [0.717, 1.165) is 9.50 Å². The Kier molecular flexibility index (Phi) is 1.86. The standard InChI is InChI=1S/C5H3BrClN/c6-4-3-8-2-1-5(4)7/h1-3H/p+1. The normalized spacial score (nSPS) is 9.25. The lowest BCUT2D eigenvalue weighted by molar-refractivity contribution is -0.378. The van der Waals surface area contributed by atoms with Gasteiger partial charge in [0.15, 0.2) is 12.4 Å². The van der Waals surface area contributed by atoms with Crippen LogP contribution in [0.5, 0.6) is 0 Å². The highest BCUT2D eigenvalue weighted by Gasteiger charge is 1.94. The molecule has 0 aliphatic carbocycles. The van der Waals surface area contributed by atoms with Crippen molar-refractivity contribution < 1.29 is 4.98 Å². The predicted molar refractivity (Wildman–Crippen MR) is 35.7 cm³/mol. The van der Waals surface area contributed by atoms with E-state index in [2.05, 4.69) is 20.9 Å². The fourth-order valence-electron chi connectivity index (χ4n) is 0.391. The van der Waals surface area contributed by atoms with Crippen molar-refractivity contribution in [2.75, 3.05) is 0 Å². The largest absolute Gasteiger partial charge is 0.217 e. The van der Waals surface area contributed by atoms with E-state index in [1.807, 2.05) is 0 Å². The van der Waals surface area contributed by atoms with Crippen LogP contribution in [-0.2, 0) is 0 Å². The van der Waals surface area contributed by atoms with Crippen LogP contribution in [0.1, 0.15) is 0 Å². The number of aromatic amines is 1. The van der Waals surface area contributed by atoms with Crippen molar-refractivity contribution >= 4 is 27.5 Å². The van der Waals surface area contributed by atoms with Crippen LogP contribution in [0.4, 0.5) is 0 Å². The molecule has 1 N–H and O–H groups in total. The number of pyridine rings is 1. The molecule has 3 heteroatoms. The molecular weight excluding hydrogens is 189 g/mol. The number of rotatable bonds is 0. The molecule has 0 fully saturated rings. The molecule has 1 heterocycles. The predicted octanol–water partition coefficient (Wildman–Crippen LogP) is 1.92. The maximum atomic E-state index is 5.64. The van der Waals surface area contributed by atoms with Gasteiger partial charge in [0, 0.05) is 6.07 Å². The van der Waals surface area contributed by atoms with Crippen LogP contribution in [0.2, 0.25) is 5.02 Å². The van der Waals surface area contributed by atoms with E-state index in [1.54, 1.807) is 18.5 Å². The van der Waals surface area contributed by atoms with Crippen molar-refractivity contribution in [2.24, 2.45) is 0 Å². The van der Waals surface area contributed by atoms with Crippen LogP contribution in [0, 0.1) is 0 Å². The second-order valence-electron chi connectivity index (χ2n) is 1.34. The van der Waals surface area contributed by atoms with Gasteiger partial charge in [-0.25, -0.2) is 4.98 Å². The maximum Gasteiger partial charge on any atom is 0.182 e. The Morgan fingerprint density at radius 2 is 2.38 bits per heavy atom. The van der Waals surface area contributed by atoms with Crippen LogP contribution in [-0.4, -0.2) is 0 Å². The Labute approximate surface area is 60.8 Å². The zero-order chi connectivity index (χ0) is 5.98. The van der Waals surface area contributed by atoms with Gasteiger partial charge in [-0.05, 0) is 15.9 Å². The van der Waals surface area contributed by atoms with Crippen LogP contribution in [0.25, 0.3) is 0 Å². The maximum absolute atomic E-state index is 5.64. The molecule has 0 aliphatic heterocycles. The summed E-state index contributed by atoms with van der Waals surface area (Å²) in [6.07, 6.45) is 3.55. The number of halogens is 2. The summed E-state index contributed by atoms with van der Waals surface area (Å²) in [6.45, 7) is 0. The summed E-state index contributed by atoms with van der Waals surface area (Å²) in [5, 5.41) is 0.726. The van der Waals surface area contributed by atoms with Crippen molar-refractivity contribution in [3.05, 3.63) is 28.0 Å². The minimum absolute atomic E-state index is 0.726. The van der Waals surface area contributed by atoms with Crippen LogP contribution < -0.4 is 4.98 Å². The lowest BCUT2D eigenvalue weighted by Gasteiger charge is -1.83. The van der Waals surface area contributed by atoms with Gasteiger partial charge in [-0.3, -0.25) is 0 Å². The molecule has 1 nitrogen and oxygen atoms in total. The lowest BCUT2D eigenvalue weighted by Crippen LogP contribution is -1.96. The number of H-pyrrole nitrogens is 1. The Balaban J connectivity index is 3.13. The summed E-state index contributed by atoms with van der Waals surface area (Å²) in [5.74, 6) is 0. The van der Waals surface area contributed by atoms with E-state index >= 15 is 0 Å². The van der Waals surface area contributed by atoms with Gasteiger partial charge in [0.25, 0.3) is 0 Å². The second kappa shape index (κ2) is 2.46. The molecule has 0 radical (unpaired) electrons. The topological polar surface area (TPSA) is 14.1 Å². The van der Waals surface area contributed by atoms with E-state index in [4.69, 9.17) is 11.6 Å². The number of hydrogen-bond donors (Lipinski definition) is 0. The van der Waals surface area contributed by atoms with Crippen LogP contribution in [0.15, 0.2) is 22.9 Å². The van der Waals surface area contributed by atoms with Gasteiger partial charge in [0.1, 0.15) is 0 Å². The Bertz CT molecular complexity index is 169. The monoisotopic (exact) mass is 192 g/mol. The van der Waals surface area contributed by atoms with E-state index in [-0.39, 0.29) is 0 Å². The van der Waals surface area contributed by atoms with Gasteiger partial charge in [-0.2, -0.15) is 0 Å². The summed E-state index contributed by atoms with van der Waals surface area (Å²) in [7, 11) is 0. The van der Waals surface area contributed by atoms with E-state index in [9.17, 15) is 0 Å². The highest BCUT2D eigenvalue weighted by molar-refractivity contribution is 9.10. The zero-order valence-electron chi connectivity index (χ0n) is 3.99. The first-order valence-corrected chi connectivity index (χ1v) is 3.29. The fourth-order valence-corrected chi connectivity index (χ4v) is 0.773. The molecule has 0 spiro atoms. The smallest absolute Gasteiger partial charge is 0.182 e. The average molecular weight is 193 g/mol. The molecule has 42 valence electrons. The third-order valence-corrected chi connectivity index (χ3v) is 1.98. The highest BCUT2D eigenvalue weighted by Crippen LogP contribution is 2.17. The van der Waals surface area contributed by atoms with Gasteiger partial charge >= 0.3 is 0 Å². The first-order chi connectivity index (χ1) is 3.80. The summed E-state index contributed by atoms with van der Waals surface area (Å²) in [5.41, 5.74) is 0. The van der Waals surface area contributed by atoms with E-state index in [0.29, 0.717) is 0 Å². The first kappa shape index (κ1) is 6.05. The molecular formula is C5H4BrClN+. The number of hydrogen-bond acceptors (Lipinski definition) is 0. The van der Waals surface area contributed by atoms with E-state index < -0.39 is 0 Å². The zero-order valence-corrected chi connectivity index (χ0v) is 6.33. The molecule has 0 bridgehead atoms. The van der Waals surface area contributed by atoms with Crippen molar-refractivity contribution in [1.82, 2.24) is 0 Å².